The van der Waals surface area contributed by atoms with Crippen LogP contribution in [0.25, 0.3) is 0 Å². The number of aliphatic hydroxyl groups is 1. The first-order valence-electron chi connectivity index (χ1n) is 5.15. The second kappa shape index (κ2) is 7.51. The zero-order valence-electron chi connectivity index (χ0n) is 9.65. The van der Waals surface area contributed by atoms with E-state index in [9.17, 15) is 9.59 Å². The van der Waals surface area contributed by atoms with Gasteiger partial charge in [-0.05, 0) is 19.8 Å². The van der Waals surface area contributed by atoms with E-state index in [-0.39, 0.29) is 24.0 Å². The van der Waals surface area contributed by atoms with Crippen molar-refractivity contribution in [2.24, 2.45) is 0 Å². The number of carboxylic acids is 1. The molecule has 0 aromatic heterocycles. The third kappa shape index (κ3) is 6.68. The summed E-state index contributed by atoms with van der Waals surface area (Å²) in [5.74, 6) is -1.06. The van der Waals surface area contributed by atoms with Crippen LogP contribution in [0.5, 0.6) is 0 Å². The number of thioether (sulfide) groups is 1. The molecule has 1 amide bonds. The molecule has 1 unspecified atom stereocenters. The standard InChI is InChI=1S/C10H19NO4S/c1-3-10(2,4-5-12)11-8(13)6-16-7-9(14)15/h12H,3-7H2,1-2H3,(H,11,13)(H,14,15). The number of hydrogen-bond donors (Lipinski definition) is 3. The van der Waals surface area contributed by atoms with Crippen LogP contribution in [0, 0.1) is 0 Å². The van der Waals surface area contributed by atoms with Gasteiger partial charge in [0.2, 0.25) is 5.91 Å². The number of nitrogens with one attached hydrogen (secondary N) is 1. The molecule has 16 heavy (non-hydrogen) atoms. The molecule has 94 valence electrons. The molecule has 1 atom stereocenters. The van der Waals surface area contributed by atoms with E-state index in [0.717, 1.165) is 18.2 Å². The van der Waals surface area contributed by atoms with Gasteiger partial charge in [-0.1, -0.05) is 6.92 Å². The number of amides is 1. The molecule has 0 radical (unpaired) electrons. The van der Waals surface area contributed by atoms with E-state index in [1.54, 1.807) is 0 Å². The molecule has 0 spiro atoms. The van der Waals surface area contributed by atoms with Crippen LogP contribution in [0.3, 0.4) is 0 Å². The van der Waals surface area contributed by atoms with E-state index in [2.05, 4.69) is 5.32 Å². The summed E-state index contributed by atoms with van der Waals surface area (Å²) in [6, 6.07) is 0. The van der Waals surface area contributed by atoms with E-state index in [1.807, 2.05) is 13.8 Å². The highest BCUT2D eigenvalue weighted by molar-refractivity contribution is 8.00. The Labute approximate surface area is 99.6 Å². The van der Waals surface area contributed by atoms with Crippen molar-refractivity contribution in [3.05, 3.63) is 0 Å². The molecule has 6 heteroatoms. The summed E-state index contributed by atoms with van der Waals surface area (Å²) in [5.41, 5.74) is -0.407. The predicted octanol–water partition coefficient (Wildman–Crippen LogP) is 0.471. The van der Waals surface area contributed by atoms with E-state index >= 15 is 0 Å². The van der Waals surface area contributed by atoms with Gasteiger partial charge in [-0.15, -0.1) is 11.8 Å². The van der Waals surface area contributed by atoms with Crippen LogP contribution >= 0.6 is 11.8 Å². The molecule has 0 aromatic carbocycles. The van der Waals surface area contributed by atoms with Crippen LogP contribution in [0.15, 0.2) is 0 Å². The Balaban J connectivity index is 3.96. The fourth-order valence-corrected chi connectivity index (χ4v) is 1.71. The largest absolute Gasteiger partial charge is 0.481 e. The van der Waals surface area contributed by atoms with Crippen molar-refractivity contribution in [2.75, 3.05) is 18.1 Å². The fourth-order valence-electron chi connectivity index (χ4n) is 1.18. The van der Waals surface area contributed by atoms with E-state index in [1.165, 1.54) is 0 Å². The minimum Gasteiger partial charge on any atom is -0.481 e. The van der Waals surface area contributed by atoms with Crippen molar-refractivity contribution in [1.29, 1.82) is 0 Å². The van der Waals surface area contributed by atoms with Gasteiger partial charge in [-0.2, -0.15) is 0 Å². The topological polar surface area (TPSA) is 86.6 Å². The lowest BCUT2D eigenvalue weighted by Gasteiger charge is -2.28. The average Bonchev–Trinajstić information content (AvgIpc) is 2.17. The van der Waals surface area contributed by atoms with Gasteiger partial charge in [-0.25, -0.2) is 0 Å². The number of aliphatic hydroxyl groups excluding tert-OH is 1. The Hall–Kier alpha value is -0.750. The monoisotopic (exact) mass is 249 g/mol. The maximum atomic E-state index is 11.5. The van der Waals surface area contributed by atoms with Crippen LogP contribution in [0.4, 0.5) is 0 Å². The smallest absolute Gasteiger partial charge is 0.313 e. The Morgan fingerprint density at radius 1 is 1.38 bits per heavy atom. The van der Waals surface area contributed by atoms with Crippen LogP contribution in [0.2, 0.25) is 0 Å². The lowest BCUT2D eigenvalue weighted by atomic mass is 9.95. The highest BCUT2D eigenvalue weighted by atomic mass is 32.2. The number of aliphatic carboxylic acids is 1. The Morgan fingerprint density at radius 2 is 2.00 bits per heavy atom. The highest BCUT2D eigenvalue weighted by Gasteiger charge is 2.23. The maximum absolute atomic E-state index is 11.5. The summed E-state index contributed by atoms with van der Waals surface area (Å²) in [6.45, 7) is 3.82. The van der Waals surface area contributed by atoms with Gasteiger partial charge in [0.1, 0.15) is 0 Å². The van der Waals surface area contributed by atoms with Gasteiger partial charge in [0, 0.05) is 12.1 Å². The van der Waals surface area contributed by atoms with E-state index in [0.29, 0.717) is 6.42 Å². The minimum atomic E-state index is -0.925. The molecular weight excluding hydrogens is 230 g/mol. The molecule has 0 heterocycles. The number of rotatable bonds is 8. The van der Waals surface area contributed by atoms with Crippen molar-refractivity contribution >= 4 is 23.6 Å². The molecule has 0 rings (SSSR count). The van der Waals surface area contributed by atoms with Gasteiger partial charge in [0.25, 0.3) is 0 Å². The van der Waals surface area contributed by atoms with Crippen LogP contribution in [-0.2, 0) is 9.59 Å². The van der Waals surface area contributed by atoms with Crippen molar-refractivity contribution in [3.63, 3.8) is 0 Å². The number of carbonyl (C=O) groups is 2. The average molecular weight is 249 g/mol. The first-order chi connectivity index (χ1) is 7.43. The molecule has 5 nitrogen and oxygen atoms in total. The molecule has 0 aliphatic heterocycles. The normalized spacial score (nSPS) is 14.2. The molecular formula is C10H19NO4S. The first-order valence-corrected chi connectivity index (χ1v) is 6.30. The summed E-state index contributed by atoms with van der Waals surface area (Å²) >= 11 is 1.06. The third-order valence-corrected chi connectivity index (χ3v) is 3.26. The zero-order chi connectivity index (χ0) is 12.6. The van der Waals surface area contributed by atoms with Gasteiger partial charge in [0.05, 0.1) is 11.5 Å². The van der Waals surface area contributed by atoms with Crippen molar-refractivity contribution in [3.8, 4) is 0 Å². The second-order valence-electron chi connectivity index (χ2n) is 3.82. The second-order valence-corrected chi connectivity index (χ2v) is 4.81. The molecule has 3 N–H and O–H groups in total. The molecule has 0 aliphatic rings. The van der Waals surface area contributed by atoms with Crippen molar-refractivity contribution < 1.29 is 19.8 Å². The maximum Gasteiger partial charge on any atom is 0.313 e. The van der Waals surface area contributed by atoms with Gasteiger partial charge >= 0.3 is 5.97 Å². The van der Waals surface area contributed by atoms with Crippen LogP contribution < -0.4 is 5.32 Å². The van der Waals surface area contributed by atoms with Crippen molar-refractivity contribution in [1.82, 2.24) is 5.32 Å². The molecule has 0 fully saturated rings. The van der Waals surface area contributed by atoms with Crippen LogP contribution in [-0.4, -0.2) is 45.7 Å². The quantitative estimate of drug-likeness (QED) is 0.582. The molecule has 0 saturated carbocycles. The predicted molar refractivity (Wildman–Crippen MR) is 63.5 cm³/mol. The molecule has 0 aromatic rings. The number of carbonyl (C=O) groups excluding carboxylic acids is 1. The zero-order valence-corrected chi connectivity index (χ0v) is 10.5. The number of hydrogen-bond acceptors (Lipinski definition) is 4. The van der Waals surface area contributed by atoms with Gasteiger partial charge in [-0.3, -0.25) is 9.59 Å². The summed E-state index contributed by atoms with van der Waals surface area (Å²) in [6.07, 6.45) is 1.22. The first kappa shape index (κ1) is 15.2. The molecule has 0 aliphatic carbocycles. The number of carboxylic acid groups (broad SMARTS) is 1. The van der Waals surface area contributed by atoms with E-state index in [4.69, 9.17) is 10.2 Å². The highest BCUT2D eigenvalue weighted by Crippen LogP contribution is 2.14. The Kier molecular flexibility index (Phi) is 7.16. The molecule has 0 bridgehead atoms. The van der Waals surface area contributed by atoms with Gasteiger partial charge < -0.3 is 15.5 Å². The summed E-state index contributed by atoms with van der Waals surface area (Å²) in [4.78, 5) is 21.7. The van der Waals surface area contributed by atoms with Crippen molar-refractivity contribution in [2.45, 2.75) is 32.2 Å². The molecule has 0 saturated heterocycles. The van der Waals surface area contributed by atoms with Gasteiger partial charge in [0.15, 0.2) is 0 Å². The lowest BCUT2D eigenvalue weighted by Crippen LogP contribution is -2.47. The lowest BCUT2D eigenvalue weighted by molar-refractivity contribution is -0.133. The fraction of sp³-hybridized carbons (Fsp3) is 0.800. The SMILES string of the molecule is CCC(C)(CCO)NC(=O)CSCC(=O)O. The Bertz CT molecular complexity index is 247. The minimum absolute atomic E-state index is 0.0207. The Morgan fingerprint density at radius 3 is 2.44 bits per heavy atom. The summed E-state index contributed by atoms with van der Waals surface area (Å²) in [7, 11) is 0. The summed E-state index contributed by atoms with van der Waals surface area (Å²) < 4.78 is 0. The van der Waals surface area contributed by atoms with E-state index < -0.39 is 11.5 Å². The third-order valence-electron chi connectivity index (χ3n) is 2.34. The van der Waals surface area contributed by atoms with Crippen LogP contribution in [0.1, 0.15) is 26.7 Å². The summed E-state index contributed by atoms with van der Waals surface area (Å²) in [5, 5.41) is 20.1.